The summed E-state index contributed by atoms with van der Waals surface area (Å²) in [5.74, 6) is 0.949. The summed E-state index contributed by atoms with van der Waals surface area (Å²) in [6, 6.07) is 5.99. The second-order valence-electron chi connectivity index (χ2n) is 5.85. The third kappa shape index (κ3) is 5.78. The molecular weight excluding hydrogens is 363 g/mol. The number of methoxy groups -OCH3 is 1. The van der Waals surface area contributed by atoms with E-state index < -0.39 is 0 Å². The van der Waals surface area contributed by atoms with Crippen molar-refractivity contribution in [3.8, 4) is 5.75 Å². The zero-order chi connectivity index (χ0) is 16.1. The Morgan fingerprint density at radius 3 is 2.76 bits per heavy atom. The molecule has 0 bridgehead atoms. The number of nitrogens with one attached hydrogen (secondary N) is 3. The number of carbonyl (C=O) groups excluding carboxylic acids is 1. The van der Waals surface area contributed by atoms with Crippen LogP contribution in [-0.4, -0.2) is 62.2 Å². The Hall–Kier alpha value is -1.47. The number of aromatic nitrogens is 1. The maximum atomic E-state index is 12.0. The molecular formula is C17H26Cl2N4O2. The summed E-state index contributed by atoms with van der Waals surface area (Å²) in [6.07, 6.45) is 2.81. The summed E-state index contributed by atoms with van der Waals surface area (Å²) in [6.45, 7) is 4.94. The maximum absolute atomic E-state index is 12.0. The van der Waals surface area contributed by atoms with E-state index in [1.165, 1.54) is 5.56 Å². The van der Waals surface area contributed by atoms with Gasteiger partial charge in [-0.2, -0.15) is 0 Å². The van der Waals surface area contributed by atoms with Crippen molar-refractivity contribution in [3.63, 3.8) is 0 Å². The number of piperazine rings is 1. The van der Waals surface area contributed by atoms with Crippen LogP contribution in [0.2, 0.25) is 0 Å². The second-order valence-corrected chi connectivity index (χ2v) is 5.85. The first-order chi connectivity index (χ1) is 11.3. The first kappa shape index (κ1) is 21.6. The third-order valence-electron chi connectivity index (χ3n) is 4.27. The molecule has 0 unspecified atom stereocenters. The average Bonchev–Trinajstić information content (AvgIpc) is 2.98. The fourth-order valence-electron chi connectivity index (χ4n) is 2.96. The van der Waals surface area contributed by atoms with Crippen LogP contribution in [0, 0.1) is 0 Å². The molecule has 1 aromatic heterocycles. The monoisotopic (exact) mass is 388 g/mol. The smallest absolute Gasteiger partial charge is 0.234 e. The summed E-state index contributed by atoms with van der Waals surface area (Å²) in [5.41, 5.74) is 2.29. The van der Waals surface area contributed by atoms with Gasteiger partial charge in [0.15, 0.2) is 0 Å². The predicted molar refractivity (Wildman–Crippen MR) is 105 cm³/mol. The number of hydrogen-bond acceptors (Lipinski definition) is 4. The molecule has 8 heteroatoms. The van der Waals surface area contributed by atoms with Crippen molar-refractivity contribution in [1.82, 2.24) is 20.5 Å². The van der Waals surface area contributed by atoms with Crippen LogP contribution in [0.25, 0.3) is 10.9 Å². The average molecular weight is 389 g/mol. The molecule has 0 spiro atoms. The quantitative estimate of drug-likeness (QED) is 0.702. The molecule has 1 aliphatic heterocycles. The molecule has 0 saturated carbocycles. The molecule has 6 nitrogen and oxygen atoms in total. The van der Waals surface area contributed by atoms with Crippen LogP contribution in [0.1, 0.15) is 5.56 Å². The van der Waals surface area contributed by atoms with E-state index in [1.54, 1.807) is 7.11 Å². The molecule has 1 amide bonds. The number of amides is 1. The Balaban J connectivity index is 0.00000156. The van der Waals surface area contributed by atoms with Gasteiger partial charge in [0.25, 0.3) is 0 Å². The van der Waals surface area contributed by atoms with Gasteiger partial charge in [0.05, 0.1) is 13.7 Å². The summed E-state index contributed by atoms with van der Waals surface area (Å²) >= 11 is 0. The van der Waals surface area contributed by atoms with E-state index in [9.17, 15) is 4.79 Å². The SMILES string of the molecule is COc1ccc2[nH]cc(CCNC(=O)CN3CCNCC3)c2c1.Cl.Cl. The van der Waals surface area contributed by atoms with Gasteiger partial charge in [-0.1, -0.05) is 0 Å². The molecule has 1 aliphatic rings. The number of fused-ring (bicyclic) bond motifs is 1. The highest BCUT2D eigenvalue weighted by Gasteiger charge is 2.13. The number of halogens is 2. The summed E-state index contributed by atoms with van der Waals surface area (Å²) < 4.78 is 5.28. The Morgan fingerprint density at radius 1 is 1.28 bits per heavy atom. The van der Waals surface area contributed by atoms with Gasteiger partial charge in [0.1, 0.15) is 5.75 Å². The molecule has 1 aromatic carbocycles. The summed E-state index contributed by atoms with van der Waals surface area (Å²) in [4.78, 5) is 17.4. The molecule has 2 heterocycles. The lowest BCUT2D eigenvalue weighted by Crippen LogP contribution is -2.47. The van der Waals surface area contributed by atoms with Gasteiger partial charge in [0, 0.05) is 49.8 Å². The Kier molecular flexibility index (Phi) is 9.06. The van der Waals surface area contributed by atoms with Crippen molar-refractivity contribution in [3.05, 3.63) is 30.0 Å². The number of aromatic amines is 1. The lowest BCUT2D eigenvalue weighted by Gasteiger charge is -2.26. The number of ether oxygens (including phenoxy) is 1. The molecule has 1 saturated heterocycles. The van der Waals surface area contributed by atoms with E-state index in [1.807, 2.05) is 24.4 Å². The number of carbonyl (C=O) groups is 1. The molecule has 25 heavy (non-hydrogen) atoms. The standard InChI is InChI=1S/C17H24N4O2.2ClH/c1-23-14-2-3-16-15(10-14)13(11-20-16)4-5-19-17(22)12-21-8-6-18-7-9-21;;/h2-3,10-11,18,20H,4-9,12H2,1H3,(H,19,22);2*1H. The Labute approximate surface area is 160 Å². The van der Waals surface area contributed by atoms with Gasteiger partial charge in [0.2, 0.25) is 5.91 Å². The van der Waals surface area contributed by atoms with Crippen molar-refractivity contribution >= 4 is 41.6 Å². The van der Waals surface area contributed by atoms with Crippen LogP contribution in [0.3, 0.4) is 0 Å². The molecule has 3 rings (SSSR count). The zero-order valence-electron chi connectivity index (χ0n) is 14.3. The van der Waals surface area contributed by atoms with Crippen LogP contribution in [0.4, 0.5) is 0 Å². The van der Waals surface area contributed by atoms with Crippen LogP contribution < -0.4 is 15.4 Å². The van der Waals surface area contributed by atoms with Crippen LogP contribution >= 0.6 is 24.8 Å². The highest BCUT2D eigenvalue weighted by Crippen LogP contribution is 2.23. The second kappa shape index (κ2) is 10.5. The van der Waals surface area contributed by atoms with E-state index in [0.29, 0.717) is 13.1 Å². The van der Waals surface area contributed by atoms with Crippen molar-refractivity contribution in [2.45, 2.75) is 6.42 Å². The number of hydrogen-bond donors (Lipinski definition) is 3. The van der Waals surface area contributed by atoms with Crippen molar-refractivity contribution in [2.75, 3.05) is 46.4 Å². The van der Waals surface area contributed by atoms with Gasteiger partial charge < -0.3 is 20.4 Å². The van der Waals surface area contributed by atoms with E-state index >= 15 is 0 Å². The fourth-order valence-corrected chi connectivity index (χ4v) is 2.96. The minimum absolute atomic E-state index is 0. The highest BCUT2D eigenvalue weighted by molar-refractivity contribution is 5.86. The van der Waals surface area contributed by atoms with Gasteiger partial charge in [-0.15, -0.1) is 24.8 Å². The zero-order valence-corrected chi connectivity index (χ0v) is 16.0. The maximum Gasteiger partial charge on any atom is 0.234 e. The molecule has 0 radical (unpaired) electrons. The number of rotatable bonds is 6. The van der Waals surface area contributed by atoms with Gasteiger partial charge in [-0.05, 0) is 30.2 Å². The number of benzene rings is 1. The number of H-pyrrole nitrogens is 1. The molecule has 0 atom stereocenters. The molecule has 2 aromatic rings. The van der Waals surface area contributed by atoms with Crippen LogP contribution in [0.15, 0.2) is 24.4 Å². The Morgan fingerprint density at radius 2 is 2.04 bits per heavy atom. The summed E-state index contributed by atoms with van der Waals surface area (Å²) in [5, 5.41) is 7.46. The third-order valence-corrected chi connectivity index (χ3v) is 4.27. The topological polar surface area (TPSA) is 69.4 Å². The van der Waals surface area contributed by atoms with Gasteiger partial charge in [-0.25, -0.2) is 0 Å². The van der Waals surface area contributed by atoms with E-state index in [0.717, 1.165) is 49.3 Å². The largest absolute Gasteiger partial charge is 0.497 e. The summed E-state index contributed by atoms with van der Waals surface area (Å²) in [7, 11) is 1.67. The lowest BCUT2D eigenvalue weighted by molar-refractivity contribution is -0.122. The van der Waals surface area contributed by atoms with Crippen molar-refractivity contribution in [1.29, 1.82) is 0 Å². The fraction of sp³-hybridized carbons (Fsp3) is 0.471. The van der Waals surface area contributed by atoms with Crippen molar-refractivity contribution < 1.29 is 9.53 Å². The minimum atomic E-state index is 0. The van der Waals surface area contributed by atoms with Gasteiger partial charge in [-0.3, -0.25) is 9.69 Å². The lowest BCUT2D eigenvalue weighted by atomic mass is 10.1. The van der Waals surface area contributed by atoms with Gasteiger partial charge >= 0.3 is 0 Å². The normalized spacial score (nSPS) is 14.4. The highest BCUT2D eigenvalue weighted by atomic mass is 35.5. The number of nitrogens with zero attached hydrogens (tertiary/aromatic N) is 1. The first-order valence-corrected chi connectivity index (χ1v) is 8.10. The van der Waals surface area contributed by atoms with Crippen molar-refractivity contribution in [2.24, 2.45) is 0 Å². The van der Waals surface area contributed by atoms with E-state index in [2.05, 4.69) is 20.5 Å². The van der Waals surface area contributed by atoms with E-state index in [-0.39, 0.29) is 30.7 Å². The minimum Gasteiger partial charge on any atom is -0.497 e. The molecule has 140 valence electrons. The van der Waals surface area contributed by atoms with Crippen LogP contribution in [0.5, 0.6) is 5.75 Å². The van der Waals surface area contributed by atoms with Crippen LogP contribution in [-0.2, 0) is 11.2 Å². The Bertz CT molecular complexity index is 672. The molecule has 3 N–H and O–H groups in total. The van der Waals surface area contributed by atoms with E-state index in [4.69, 9.17) is 4.74 Å². The molecule has 1 fully saturated rings. The molecule has 0 aliphatic carbocycles. The predicted octanol–water partition coefficient (Wildman–Crippen LogP) is 1.58. The first-order valence-electron chi connectivity index (χ1n) is 8.10.